The van der Waals surface area contributed by atoms with Gasteiger partial charge in [-0.25, -0.2) is 13.2 Å². The molecular weight excluding hydrogens is 616 g/mol. The summed E-state index contributed by atoms with van der Waals surface area (Å²) in [5, 5.41) is 23.8. The molecule has 0 saturated carbocycles. The van der Waals surface area contributed by atoms with E-state index in [9.17, 15) is 23.1 Å². The van der Waals surface area contributed by atoms with Gasteiger partial charge in [-0.15, -0.1) is 0 Å². The molecule has 1 saturated heterocycles. The monoisotopic (exact) mass is 642 g/mol. The Hall–Kier alpha value is -3.23. The lowest BCUT2D eigenvalue weighted by Gasteiger charge is -2.46. The van der Waals surface area contributed by atoms with Gasteiger partial charge in [0.15, 0.2) is 11.6 Å². The number of anilines is 2. The van der Waals surface area contributed by atoms with E-state index in [0.29, 0.717) is 10.1 Å². The van der Waals surface area contributed by atoms with Crippen LogP contribution in [0.3, 0.4) is 0 Å². The second-order valence-electron chi connectivity index (χ2n) is 8.72. The molecule has 0 radical (unpaired) electrons. The third kappa shape index (κ3) is 7.88. The Kier molecular flexibility index (Phi) is 10.1. The number of β-amino-alcohol motifs (C(OH)–C–C–N with tert-alkyl or cyclic N) is 1. The first kappa shape index (κ1) is 29.3. The number of pyridine rings is 1. The van der Waals surface area contributed by atoms with Crippen LogP contribution in [0.4, 0.5) is 24.5 Å². The number of aliphatic hydroxyl groups is 1. The van der Waals surface area contributed by atoms with Crippen molar-refractivity contribution in [3.63, 3.8) is 0 Å². The molecule has 4 rings (SSSR count). The average molecular weight is 642 g/mol. The van der Waals surface area contributed by atoms with Crippen LogP contribution in [0, 0.1) is 21.0 Å². The van der Waals surface area contributed by atoms with Gasteiger partial charge in [-0.05, 0) is 83.6 Å². The van der Waals surface area contributed by atoms with Gasteiger partial charge in [0.05, 0.1) is 30.0 Å². The van der Waals surface area contributed by atoms with Crippen LogP contribution in [0.25, 0.3) is 0 Å². The van der Waals surface area contributed by atoms with Crippen LogP contribution in [0.1, 0.15) is 22.8 Å². The van der Waals surface area contributed by atoms with Crippen LogP contribution in [-0.2, 0) is 11.2 Å². The number of aliphatic carboxylic acids is 1. The molecule has 1 aliphatic rings. The molecule has 2 aromatic carbocycles. The Labute approximate surface area is 231 Å². The Balaban J connectivity index is 0.000000934. The number of hydrogen-bond donors (Lipinski definition) is 4. The number of carboxylic acid groups (broad SMARTS) is 1. The summed E-state index contributed by atoms with van der Waals surface area (Å²) in [6.45, 7) is 2.06. The van der Waals surface area contributed by atoms with Crippen molar-refractivity contribution >= 4 is 45.8 Å². The molecule has 1 amide bonds. The summed E-state index contributed by atoms with van der Waals surface area (Å²) in [6.07, 6.45) is 4.19. The predicted molar refractivity (Wildman–Crippen MR) is 144 cm³/mol. The number of halogens is 4. The zero-order chi connectivity index (χ0) is 27.9. The summed E-state index contributed by atoms with van der Waals surface area (Å²) in [7, 11) is 0. The highest BCUT2D eigenvalue weighted by Crippen LogP contribution is 2.31. The second-order valence-corrected chi connectivity index (χ2v) is 9.97. The Bertz CT molecular complexity index is 1290. The number of carbonyl (C=O) groups excluding carboxylic acids is 1. The van der Waals surface area contributed by atoms with Crippen LogP contribution >= 0.6 is 22.6 Å². The summed E-state index contributed by atoms with van der Waals surface area (Å²) in [6, 6.07) is 10.0. The normalized spacial score (nSPS) is 13.7. The third-order valence-corrected chi connectivity index (χ3v) is 6.24. The number of carboxylic acids is 1. The fourth-order valence-electron chi connectivity index (χ4n) is 3.77. The first-order valence-electron chi connectivity index (χ1n) is 11.5. The van der Waals surface area contributed by atoms with Crippen LogP contribution in [0.5, 0.6) is 0 Å². The number of likely N-dealkylation sites (tertiary alicyclic amines) is 1. The number of rotatable bonds is 8. The second kappa shape index (κ2) is 13.0. The number of amides is 1. The summed E-state index contributed by atoms with van der Waals surface area (Å²) in [4.78, 5) is 27.3. The van der Waals surface area contributed by atoms with Gasteiger partial charge in [0.25, 0.3) is 11.9 Å². The minimum absolute atomic E-state index is 0.0322. The molecule has 0 unspecified atom stereocenters. The largest absolute Gasteiger partial charge is 0.481 e. The van der Waals surface area contributed by atoms with Crippen molar-refractivity contribution in [2.24, 2.45) is 0 Å². The maximum atomic E-state index is 14.6. The van der Waals surface area contributed by atoms with E-state index in [1.54, 1.807) is 18.5 Å². The van der Waals surface area contributed by atoms with Crippen LogP contribution in [0.15, 0.2) is 54.9 Å². The van der Waals surface area contributed by atoms with Crippen LogP contribution in [0.2, 0.25) is 0 Å². The molecule has 1 aromatic heterocycles. The van der Waals surface area contributed by atoms with Crippen molar-refractivity contribution < 1.29 is 33.0 Å². The summed E-state index contributed by atoms with van der Waals surface area (Å²) >= 11 is 1.93. The zero-order valence-corrected chi connectivity index (χ0v) is 22.5. The van der Waals surface area contributed by atoms with E-state index in [-0.39, 0.29) is 30.9 Å². The first-order chi connectivity index (χ1) is 18.0. The third-order valence-electron chi connectivity index (χ3n) is 5.57. The number of carbonyl (C=O) groups is 2. The van der Waals surface area contributed by atoms with Gasteiger partial charge in [-0.1, -0.05) is 0 Å². The molecule has 3 aromatic rings. The SMILES string of the molecule is CC(=O)O.O=C(c1ccc(F)c(F)c1Nc1ccc(I)cc1F)N1CC(O)(CNCCc2ccncc2)C1. The lowest BCUT2D eigenvalue weighted by atomic mass is 9.92. The Morgan fingerprint density at radius 1 is 1.08 bits per heavy atom. The van der Waals surface area contributed by atoms with Gasteiger partial charge in [0, 0.05) is 29.4 Å². The van der Waals surface area contributed by atoms with E-state index >= 15 is 0 Å². The van der Waals surface area contributed by atoms with Crippen LogP contribution in [-0.4, -0.2) is 63.8 Å². The minimum atomic E-state index is -1.28. The molecular formula is C26H26F3IN4O4. The topological polar surface area (TPSA) is 115 Å². The molecule has 12 heteroatoms. The molecule has 4 N–H and O–H groups in total. The van der Waals surface area contributed by atoms with E-state index in [2.05, 4.69) is 15.6 Å². The fourth-order valence-corrected chi connectivity index (χ4v) is 4.22. The number of hydrogen-bond acceptors (Lipinski definition) is 6. The lowest BCUT2D eigenvalue weighted by Crippen LogP contribution is -2.67. The van der Waals surface area contributed by atoms with Crippen molar-refractivity contribution in [2.45, 2.75) is 18.9 Å². The highest BCUT2D eigenvalue weighted by atomic mass is 127. The summed E-state index contributed by atoms with van der Waals surface area (Å²) in [5.41, 5.74) is -0.691. The van der Waals surface area contributed by atoms with E-state index in [1.807, 2.05) is 34.7 Å². The van der Waals surface area contributed by atoms with E-state index in [4.69, 9.17) is 9.90 Å². The Morgan fingerprint density at radius 2 is 1.74 bits per heavy atom. The predicted octanol–water partition coefficient (Wildman–Crippen LogP) is 3.96. The molecule has 1 fully saturated rings. The number of nitrogens with one attached hydrogen (secondary N) is 2. The van der Waals surface area contributed by atoms with Gasteiger partial charge < -0.3 is 25.7 Å². The van der Waals surface area contributed by atoms with Gasteiger partial charge in [0.2, 0.25) is 0 Å². The molecule has 0 spiro atoms. The van der Waals surface area contributed by atoms with E-state index in [0.717, 1.165) is 31.0 Å². The minimum Gasteiger partial charge on any atom is -0.481 e. The summed E-state index contributed by atoms with van der Waals surface area (Å²) < 4.78 is 43.4. The molecule has 0 aliphatic carbocycles. The molecule has 0 atom stereocenters. The van der Waals surface area contributed by atoms with Gasteiger partial charge in [-0.2, -0.15) is 0 Å². The Morgan fingerprint density at radius 3 is 2.37 bits per heavy atom. The average Bonchev–Trinajstić information content (AvgIpc) is 2.84. The molecule has 0 bridgehead atoms. The number of benzene rings is 2. The van der Waals surface area contributed by atoms with Crippen molar-refractivity contribution in [3.05, 3.63) is 87.0 Å². The van der Waals surface area contributed by atoms with Crippen molar-refractivity contribution in [1.29, 1.82) is 0 Å². The maximum Gasteiger partial charge on any atom is 0.300 e. The molecule has 8 nitrogen and oxygen atoms in total. The van der Waals surface area contributed by atoms with Crippen molar-refractivity contribution in [3.8, 4) is 0 Å². The number of nitrogens with zero attached hydrogens (tertiary/aromatic N) is 2. The molecule has 38 heavy (non-hydrogen) atoms. The summed E-state index contributed by atoms with van der Waals surface area (Å²) in [5.74, 6) is -4.53. The zero-order valence-electron chi connectivity index (χ0n) is 20.3. The highest BCUT2D eigenvalue weighted by Gasteiger charge is 2.44. The van der Waals surface area contributed by atoms with Crippen LogP contribution < -0.4 is 10.6 Å². The fraction of sp³-hybridized carbons (Fsp3) is 0.269. The number of aromatic nitrogens is 1. The maximum absolute atomic E-state index is 14.6. The molecule has 2 heterocycles. The first-order valence-corrected chi connectivity index (χ1v) is 12.6. The van der Waals surface area contributed by atoms with Crippen molar-refractivity contribution in [2.75, 3.05) is 31.5 Å². The smallest absolute Gasteiger partial charge is 0.300 e. The standard InChI is InChI=1S/C24H22F3IN4O2.C2H4O2/c25-18-3-2-17(22(21(18)27)31-20-4-1-16(28)11-19(20)26)23(33)32-13-24(34,14-32)12-30-10-7-15-5-8-29-9-6-15;1-2(3)4/h1-6,8-9,11,30-31,34H,7,10,12-14H2;1H3,(H,3,4). The highest BCUT2D eigenvalue weighted by molar-refractivity contribution is 14.1. The van der Waals surface area contributed by atoms with Gasteiger partial charge in [-0.3, -0.25) is 14.6 Å². The lowest BCUT2D eigenvalue weighted by molar-refractivity contribution is -0.134. The van der Waals surface area contributed by atoms with E-state index < -0.39 is 40.6 Å². The quantitative estimate of drug-likeness (QED) is 0.217. The molecule has 1 aliphatic heterocycles. The van der Waals surface area contributed by atoms with Gasteiger partial charge in [0.1, 0.15) is 11.4 Å². The molecule has 202 valence electrons. The van der Waals surface area contributed by atoms with E-state index in [1.165, 1.54) is 17.0 Å². The van der Waals surface area contributed by atoms with Crippen molar-refractivity contribution in [1.82, 2.24) is 15.2 Å². The van der Waals surface area contributed by atoms with Gasteiger partial charge >= 0.3 is 0 Å².